The van der Waals surface area contributed by atoms with E-state index in [1.54, 1.807) is 26.0 Å². The number of carbonyl (C=O) groups excluding carboxylic acids is 1. The average molecular weight is 727 g/mol. The second kappa shape index (κ2) is 15.7. The molecule has 19 heteroatoms. The highest BCUT2D eigenvalue weighted by atomic mass is 32.2. The number of carbonyl (C=O) groups is 1. The quantitative estimate of drug-likeness (QED) is 0.197. The molecule has 0 bridgehead atoms. The second-order valence-electron chi connectivity index (χ2n) is 11.8. The standard InChI is InChI=1S/C29H38F3N2O12PS/c1-18(2)14-34(48(40,41)22-9-7-21(8-10-22)46-29(30,31)32)15-25(35)24(13-19-3-5-20(6-4-19)44-17-47(37,38)39)33-28(36)45-26-16-43-27-23(26)11-12-42-27/h3-10,18,23-27,35H,11-17H2,1-2H3,(H,33,36)(H2,37,38,39)/t23-,24-,25+,26-,27+/m0/s1. The normalized spacial score (nSPS) is 21.2. The first-order chi connectivity index (χ1) is 22.4. The van der Waals surface area contributed by atoms with Crippen LogP contribution in [-0.2, 0) is 35.2 Å². The summed E-state index contributed by atoms with van der Waals surface area (Å²) < 4.78 is 103. The van der Waals surface area contributed by atoms with Crippen molar-refractivity contribution < 1.29 is 69.5 Å². The number of hydrogen-bond donors (Lipinski definition) is 4. The molecule has 0 spiro atoms. The SMILES string of the molecule is CC(C)CN(C[C@@H](O)[C@H](Cc1ccc(OCP(=O)(O)O)cc1)NC(=O)O[C@H]1CO[C@H]2OCC[C@H]21)S(=O)(=O)c1ccc(OC(F)(F)F)cc1. The van der Waals surface area contributed by atoms with Crippen molar-refractivity contribution in [2.45, 2.75) is 62.5 Å². The molecule has 14 nitrogen and oxygen atoms in total. The summed E-state index contributed by atoms with van der Waals surface area (Å²) >= 11 is 0. The van der Waals surface area contributed by atoms with Gasteiger partial charge < -0.3 is 43.9 Å². The van der Waals surface area contributed by atoms with E-state index >= 15 is 0 Å². The topological polar surface area (TPSA) is 190 Å². The molecule has 2 aliphatic rings. The number of aliphatic hydroxyl groups is 1. The number of nitrogens with one attached hydrogen (secondary N) is 1. The van der Waals surface area contributed by atoms with Crippen LogP contribution < -0.4 is 14.8 Å². The largest absolute Gasteiger partial charge is 0.573 e. The lowest BCUT2D eigenvalue weighted by atomic mass is 10.0. The molecule has 1 amide bonds. The zero-order chi connectivity index (χ0) is 35.3. The number of ether oxygens (including phenoxy) is 5. The maximum absolute atomic E-state index is 13.7. The molecule has 4 N–H and O–H groups in total. The van der Waals surface area contributed by atoms with Crippen molar-refractivity contribution in [1.29, 1.82) is 0 Å². The van der Waals surface area contributed by atoms with Gasteiger partial charge in [-0.2, -0.15) is 4.31 Å². The van der Waals surface area contributed by atoms with Gasteiger partial charge in [-0.3, -0.25) is 4.57 Å². The fraction of sp³-hybridized carbons (Fsp3) is 0.552. The van der Waals surface area contributed by atoms with Crippen LogP contribution in [0.25, 0.3) is 0 Å². The molecule has 5 atom stereocenters. The minimum Gasteiger partial charge on any atom is -0.481 e. The van der Waals surface area contributed by atoms with E-state index in [0.29, 0.717) is 18.6 Å². The van der Waals surface area contributed by atoms with Crippen LogP contribution in [0, 0.1) is 11.8 Å². The van der Waals surface area contributed by atoms with Crippen molar-refractivity contribution >= 4 is 23.7 Å². The first kappa shape index (κ1) is 37.9. The Hall–Kier alpha value is -2.96. The lowest BCUT2D eigenvalue weighted by Crippen LogP contribution is -2.51. The fourth-order valence-corrected chi connectivity index (χ4v) is 7.20. The first-order valence-electron chi connectivity index (χ1n) is 14.9. The minimum atomic E-state index is -4.97. The van der Waals surface area contributed by atoms with Crippen LogP contribution >= 0.6 is 7.60 Å². The van der Waals surface area contributed by atoms with Crippen molar-refractivity contribution in [2.75, 3.05) is 32.7 Å². The van der Waals surface area contributed by atoms with Crippen LogP contribution in [-0.4, -0.2) is 97.3 Å². The van der Waals surface area contributed by atoms with Gasteiger partial charge in [0.25, 0.3) is 0 Å². The highest BCUT2D eigenvalue weighted by molar-refractivity contribution is 7.89. The maximum atomic E-state index is 13.7. The highest BCUT2D eigenvalue weighted by Gasteiger charge is 2.44. The second-order valence-corrected chi connectivity index (χ2v) is 15.3. The summed E-state index contributed by atoms with van der Waals surface area (Å²) in [6.07, 6.45) is -8.72. The van der Waals surface area contributed by atoms with Crippen molar-refractivity contribution in [3.05, 3.63) is 54.1 Å². The number of hydrogen-bond acceptors (Lipinski definition) is 10. The van der Waals surface area contributed by atoms with E-state index in [0.717, 1.165) is 28.6 Å². The summed E-state index contributed by atoms with van der Waals surface area (Å²) in [5, 5.41) is 14.1. The number of alkyl carbamates (subject to hydrolysis) is 1. The van der Waals surface area contributed by atoms with Crippen molar-refractivity contribution in [3.8, 4) is 11.5 Å². The van der Waals surface area contributed by atoms with Gasteiger partial charge in [-0.05, 0) is 60.7 Å². The van der Waals surface area contributed by atoms with Crippen LogP contribution in [0.2, 0.25) is 0 Å². The molecular weight excluding hydrogens is 688 g/mol. The summed E-state index contributed by atoms with van der Waals surface area (Å²) in [6.45, 7) is 3.44. The third-order valence-corrected chi connectivity index (χ3v) is 9.76. The fourth-order valence-electron chi connectivity index (χ4n) is 5.26. The molecule has 48 heavy (non-hydrogen) atoms. The number of alkyl halides is 3. The van der Waals surface area contributed by atoms with Gasteiger partial charge >= 0.3 is 20.1 Å². The Morgan fingerprint density at radius 3 is 2.31 bits per heavy atom. The zero-order valence-corrected chi connectivity index (χ0v) is 27.7. The predicted octanol–water partition coefficient (Wildman–Crippen LogP) is 3.21. The molecule has 2 heterocycles. The molecule has 0 radical (unpaired) electrons. The van der Waals surface area contributed by atoms with Gasteiger partial charge in [0.15, 0.2) is 12.6 Å². The monoisotopic (exact) mass is 726 g/mol. The van der Waals surface area contributed by atoms with Crippen molar-refractivity contribution in [2.24, 2.45) is 11.8 Å². The van der Waals surface area contributed by atoms with E-state index in [2.05, 4.69) is 10.1 Å². The van der Waals surface area contributed by atoms with Gasteiger partial charge in [-0.1, -0.05) is 26.0 Å². The number of fused-ring (bicyclic) bond motifs is 1. The Kier molecular flexibility index (Phi) is 12.4. The van der Waals surface area contributed by atoms with Gasteiger partial charge in [-0.25, -0.2) is 13.2 Å². The molecule has 2 aromatic carbocycles. The van der Waals surface area contributed by atoms with E-state index in [1.165, 1.54) is 12.1 Å². The minimum absolute atomic E-state index is 0.0373. The maximum Gasteiger partial charge on any atom is 0.573 e. The summed E-state index contributed by atoms with van der Waals surface area (Å²) in [5.41, 5.74) is 0.537. The Morgan fingerprint density at radius 1 is 1.06 bits per heavy atom. The molecule has 0 aromatic heterocycles. The molecule has 0 unspecified atom stereocenters. The molecular formula is C29H38F3N2O12PS. The molecule has 0 saturated carbocycles. The Morgan fingerprint density at radius 2 is 1.71 bits per heavy atom. The van der Waals surface area contributed by atoms with Crippen LogP contribution in [0.3, 0.4) is 0 Å². The molecule has 0 aliphatic carbocycles. The summed E-state index contributed by atoms with van der Waals surface area (Å²) in [6, 6.07) is 8.49. The van der Waals surface area contributed by atoms with Crippen LogP contribution in [0.1, 0.15) is 25.8 Å². The lowest BCUT2D eigenvalue weighted by molar-refractivity contribution is -0.274. The van der Waals surface area contributed by atoms with Gasteiger partial charge in [0, 0.05) is 13.1 Å². The smallest absolute Gasteiger partial charge is 0.481 e. The van der Waals surface area contributed by atoms with E-state index in [4.69, 9.17) is 28.7 Å². The van der Waals surface area contributed by atoms with Crippen molar-refractivity contribution in [3.63, 3.8) is 0 Å². The van der Waals surface area contributed by atoms with E-state index in [9.17, 15) is 36.1 Å². The average Bonchev–Trinajstić information content (AvgIpc) is 3.60. The highest BCUT2D eigenvalue weighted by Crippen LogP contribution is 2.35. The first-order valence-corrected chi connectivity index (χ1v) is 18.1. The molecule has 4 rings (SSSR count). The third-order valence-electron chi connectivity index (χ3n) is 7.44. The molecule has 2 aliphatic heterocycles. The zero-order valence-electron chi connectivity index (χ0n) is 26.0. The molecule has 2 fully saturated rings. The molecule has 2 aromatic rings. The summed E-state index contributed by atoms with van der Waals surface area (Å²) in [5.74, 6) is -0.858. The third kappa shape index (κ3) is 11.0. The predicted molar refractivity (Wildman–Crippen MR) is 161 cm³/mol. The number of sulfonamides is 1. The number of aliphatic hydroxyl groups excluding tert-OH is 1. The van der Waals surface area contributed by atoms with Gasteiger partial charge in [0.1, 0.15) is 17.6 Å². The number of amides is 1. The van der Waals surface area contributed by atoms with Crippen LogP contribution in [0.4, 0.5) is 18.0 Å². The Labute approximate surface area is 275 Å². The number of nitrogens with zero attached hydrogens (tertiary/aromatic N) is 1. The van der Waals surface area contributed by atoms with Gasteiger partial charge in [0.2, 0.25) is 10.0 Å². The number of rotatable bonds is 15. The van der Waals surface area contributed by atoms with E-state index in [1.807, 2.05) is 0 Å². The van der Waals surface area contributed by atoms with Crippen LogP contribution in [0.5, 0.6) is 11.5 Å². The molecule has 2 saturated heterocycles. The van der Waals surface area contributed by atoms with Gasteiger partial charge in [0.05, 0.1) is 36.2 Å². The van der Waals surface area contributed by atoms with Crippen LogP contribution in [0.15, 0.2) is 53.4 Å². The van der Waals surface area contributed by atoms with Crippen molar-refractivity contribution in [1.82, 2.24) is 9.62 Å². The Balaban J connectivity index is 1.53. The van der Waals surface area contributed by atoms with E-state index < -0.39 is 73.3 Å². The lowest BCUT2D eigenvalue weighted by Gasteiger charge is -2.31. The molecule has 268 valence electrons. The number of halogens is 3. The van der Waals surface area contributed by atoms with E-state index in [-0.39, 0.29) is 42.1 Å². The summed E-state index contributed by atoms with van der Waals surface area (Å²) in [7, 11) is -8.78. The Bertz CT molecular complexity index is 1520. The summed E-state index contributed by atoms with van der Waals surface area (Å²) in [4.78, 5) is 30.9. The van der Waals surface area contributed by atoms with Gasteiger partial charge in [-0.15, -0.1) is 13.2 Å². The number of benzene rings is 2.